The van der Waals surface area contributed by atoms with Crippen LogP contribution in [0.1, 0.15) is 90.9 Å². The van der Waals surface area contributed by atoms with Crippen molar-refractivity contribution in [1.82, 2.24) is 0 Å². The summed E-state index contributed by atoms with van der Waals surface area (Å²) in [5.74, 6) is -0.813. The van der Waals surface area contributed by atoms with Crippen LogP contribution < -0.4 is 0 Å². The first-order valence-corrected chi connectivity index (χ1v) is 10.3. The minimum atomic E-state index is -0.805. The first-order chi connectivity index (χ1) is 12.6. The van der Waals surface area contributed by atoms with Crippen LogP contribution in [0.3, 0.4) is 0 Å². The van der Waals surface area contributed by atoms with Gasteiger partial charge in [-0.15, -0.1) is 0 Å². The van der Waals surface area contributed by atoms with Gasteiger partial charge in [0.05, 0.1) is 6.61 Å². The molecule has 0 saturated heterocycles. The molecule has 0 aromatic carbocycles. The third-order valence-corrected chi connectivity index (χ3v) is 4.13. The van der Waals surface area contributed by atoms with Crippen LogP contribution in [-0.2, 0) is 19.1 Å². The SMILES string of the molecule is CCCCCCCC=CC(=O)OC(CO)COC(=O)CCCCCCC. The van der Waals surface area contributed by atoms with E-state index in [9.17, 15) is 14.7 Å². The molecule has 5 heteroatoms. The Hall–Kier alpha value is -1.36. The smallest absolute Gasteiger partial charge is 0.330 e. The predicted octanol–water partition coefficient (Wildman–Crippen LogP) is 4.71. The van der Waals surface area contributed by atoms with Gasteiger partial charge in [-0.2, -0.15) is 0 Å². The molecule has 0 aliphatic carbocycles. The van der Waals surface area contributed by atoms with E-state index in [1.54, 1.807) is 6.08 Å². The van der Waals surface area contributed by atoms with E-state index in [0.29, 0.717) is 6.42 Å². The number of hydrogen-bond acceptors (Lipinski definition) is 5. The van der Waals surface area contributed by atoms with E-state index in [1.165, 1.54) is 44.6 Å². The van der Waals surface area contributed by atoms with Crippen LogP contribution in [0.5, 0.6) is 0 Å². The zero-order chi connectivity index (χ0) is 19.5. The fourth-order valence-electron chi connectivity index (χ4n) is 2.50. The van der Waals surface area contributed by atoms with Crippen LogP contribution in [0.4, 0.5) is 0 Å². The lowest BCUT2D eigenvalue weighted by Gasteiger charge is -2.14. The summed E-state index contributed by atoms with van der Waals surface area (Å²) in [5.41, 5.74) is 0. The Morgan fingerprint density at radius 2 is 1.54 bits per heavy atom. The average molecular weight is 371 g/mol. The van der Waals surface area contributed by atoms with Crippen molar-refractivity contribution in [2.75, 3.05) is 13.2 Å². The number of aliphatic hydroxyl groups is 1. The number of rotatable bonds is 17. The molecule has 0 fully saturated rings. The van der Waals surface area contributed by atoms with Crippen LogP contribution in [0.25, 0.3) is 0 Å². The van der Waals surface area contributed by atoms with Crippen molar-refractivity contribution in [3.8, 4) is 0 Å². The molecule has 0 rings (SSSR count). The monoisotopic (exact) mass is 370 g/mol. The van der Waals surface area contributed by atoms with E-state index in [2.05, 4.69) is 13.8 Å². The topological polar surface area (TPSA) is 72.8 Å². The molecule has 0 aromatic rings. The third-order valence-electron chi connectivity index (χ3n) is 4.13. The lowest BCUT2D eigenvalue weighted by molar-refractivity contribution is -0.157. The normalized spacial score (nSPS) is 12.3. The molecule has 0 heterocycles. The number of esters is 2. The van der Waals surface area contributed by atoms with Gasteiger partial charge in [-0.1, -0.05) is 71.3 Å². The maximum absolute atomic E-state index is 11.7. The van der Waals surface area contributed by atoms with E-state index in [1.807, 2.05) is 0 Å². The Morgan fingerprint density at radius 1 is 0.923 bits per heavy atom. The highest BCUT2D eigenvalue weighted by atomic mass is 16.6. The van der Waals surface area contributed by atoms with E-state index >= 15 is 0 Å². The highest BCUT2D eigenvalue weighted by Crippen LogP contribution is 2.07. The van der Waals surface area contributed by atoms with Gasteiger partial charge >= 0.3 is 11.9 Å². The van der Waals surface area contributed by atoms with Crippen molar-refractivity contribution in [3.05, 3.63) is 12.2 Å². The summed E-state index contributed by atoms with van der Waals surface area (Å²) in [4.78, 5) is 23.3. The first kappa shape index (κ1) is 24.6. The van der Waals surface area contributed by atoms with Crippen molar-refractivity contribution < 1.29 is 24.2 Å². The van der Waals surface area contributed by atoms with Gasteiger partial charge in [-0.05, 0) is 19.3 Å². The highest BCUT2D eigenvalue weighted by Gasteiger charge is 2.14. The van der Waals surface area contributed by atoms with E-state index in [4.69, 9.17) is 9.47 Å². The molecule has 1 N–H and O–H groups in total. The number of ether oxygens (including phenoxy) is 2. The maximum atomic E-state index is 11.7. The summed E-state index contributed by atoms with van der Waals surface area (Å²) in [6.07, 6.45) is 14.8. The average Bonchev–Trinajstić information content (AvgIpc) is 2.64. The lowest BCUT2D eigenvalue weighted by Crippen LogP contribution is -2.27. The molecule has 0 radical (unpaired) electrons. The molecule has 0 saturated carbocycles. The van der Waals surface area contributed by atoms with Crippen LogP contribution >= 0.6 is 0 Å². The van der Waals surface area contributed by atoms with Gasteiger partial charge in [0.1, 0.15) is 6.61 Å². The summed E-state index contributed by atoms with van der Waals surface area (Å²) in [6, 6.07) is 0. The molecule has 0 bridgehead atoms. The molecule has 0 spiro atoms. The number of carbonyl (C=O) groups excluding carboxylic acids is 2. The summed E-state index contributed by atoms with van der Waals surface area (Å²) in [5, 5.41) is 9.26. The Morgan fingerprint density at radius 3 is 2.15 bits per heavy atom. The second kappa shape index (κ2) is 18.4. The summed E-state index contributed by atoms with van der Waals surface area (Å²) >= 11 is 0. The van der Waals surface area contributed by atoms with Crippen molar-refractivity contribution in [2.45, 2.75) is 97.0 Å². The molecule has 1 atom stereocenters. The molecule has 0 amide bonds. The Balaban J connectivity index is 3.81. The molecule has 5 nitrogen and oxygen atoms in total. The van der Waals surface area contributed by atoms with Gasteiger partial charge in [-0.3, -0.25) is 4.79 Å². The number of hydrogen-bond donors (Lipinski definition) is 1. The molecule has 26 heavy (non-hydrogen) atoms. The van der Waals surface area contributed by atoms with Crippen LogP contribution in [-0.4, -0.2) is 36.4 Å². The molecule has 0 aromatic heterocycles. The van der Waals surface area contributed by atoms with Gasteiger partial charge in [0, 0.05) is 12.5 Å². The van der Waals surface area contributed by atoms with Gasteiger partial charge in [-0.25, -0.2) is 4.79 Å². The predicted molar refractivity (Wildman–Crippen MR) is 104 cm³/mol. The number of aliphatic hydroxyl groups excluding tert-OH is 1. The molecule has 0 aliphatic heterocycles. The van der Waals surface area contributed by atoms with Crippen LogP contribution in [0, 0.1) is 0 Å². The minimum Gasteiger partial charge on any atom is -0.462 e. The summed E-state index contributed by atoms with van der Waals surface area (Å²) < 4.78 is 10.2. The summed E-state index contributed by atoms with van der Waals surface area (Å²) in [6.45, 7) is 3.87. The van der Waals surface area contributed by atoms with Gasteiger partial charge in [0.2, 0.25) is 0 Å². The fourth-order valence-corrected chi connectivity index (χ4v) is 2.50. The Labute approximate surface area is 159 Å². The number of allylic oxidation sites excluding steroid dienone is 1. The van der Waals surface area contributed by atoms with Crippen molar-refractivity contribution >= 4 is 11.9 Å². The highest BCUT2D eigenvalue weighted by molar-refractivity contribution is 5.82. The van der Waals surface area contributed by atoms with Crippen molar-refractivity contribution in [2.24, 2.45) is 0 Å². The first-order valence-electron chi connectivity index (χ1n) is 10.3. The van der Waals surface area contributed by atoms with Crippen molar-refractivity contribution in [3.63, 3.8) is 0 Å². The van der Waals surface area contributed by atoms with E-state index < -0.39 is 12.1 Å². The van der Waals surface area contributed by atoms with E-state index in [-0.39, 0.29) is 19.2 Å². The Kier molecular flexibility index (Phi) is 17.5. The van der Waals surface area contributed by atoms with Gasteiger partial charge in [0.15, 0.2) is 6.10 Å². The molecular formula is C21H38O5. The van der Waals surface area contributed by atoms with Crippen LogP contribution in [0.15, 0.2) is 12.2 Å². The largest absolute Gasteiger partial charge is 0.462 e. The summed E-state index contributed by atoms with van der Waals surface area (Å²) in [7, 11) is 0. The van der Waals surface area contributed by atoms with Gasteiger partial charge in [0.25, 0.3) is 0 Å². The molecule has 1 unspecified atom stereocenters. The number of carbonyl (C=O) groups is 2. The quantitative estimate of drug-likeness (QED) is 0.228. The molecule has 0 aliphatic rings. The zero-order valence-electron chi connectivity index (χ0n) is 16.7. The minimum absolute atomic E-state index is 0.0963. The Bertz CT molecular complexity index is 379. The molecule has 152 valence electrons. The maximum Gasteiger partial charge on any atom is 0.330 e. The van der Waals surface area contributed by atoms with E-state index in [0.717, 1.165) is 32.1 Å². The second-order valence-electron chi connectivity index (χ2n) is 6.69. The number of unbranched alkanes of at least 4 members (excludes halogenated alkanes) is 9. The molecular weight excluding hydrogens is 332 g/mol. The zero-order valence-corrected chi connectivity index (χ0v) is 16.7. The lowest BCUT2D eigenvalue weighted by atomic mass is 10.1. The third kappa shape index (κ3) is 16.1. The fraction of sp³-hybridized carbons (Fsp3) is 0.810. The van der Waals surface area contributed by atoms with Crippen LogP contribution in [0.2, 0.25) is 0 Å². The van der Waals surface area contributed by atoms with Gasteiger partial charge < -0.3 is 14.6 Å². The van der Waals surface area contributed by atoms with Crippen molar-refractivity contribution in [1.29, 1.82) is 0 Å². The second-order valence-corrected chi connectivity index (χ2v) is 6.69. The standard InChI is InChI=1S/C21H38O5/c1-3-5-7-9-10-12-14-16-21(24)26-19(17-22)18-25-20(23)15-13-11-8-6-4-2/h14,16,19,22H,3-13,15,17-18H2,1-2H3.